The smallest absolute Gasteiger partial charge is 0.206 e. The third kappa shape index (κ3) is 1.83. The summed E-state index contributed by atoms with van der Waals surface area (Å²) in [6, 6.07) is 8.45. The Hall–Kier alpha value is -2.36. The number of aromatic nitrogens is 1. The maximum Gasteiger partial charge on any atom is 0.206 e. The van der Waals surface area contributed by atoms with Crippen molar-refractivity contribution in [3.8, 4) is 0 Å². The molecular formula is C18H17FN2O. The molecule has 22 heavy (non-hydrogen) atoms. The molecule has 0 amide bonds. The molecule has 4 rings (SSSR count). The predicted octanol–water partition coefficient (Wildman–Crippen LogP) is 4.25. The SMILES string of the molecule is Cc1cc(N)cc(C)c1C1(c2nc3ccc(F)cc3o2)CC1. The number of hydrogen-bond donors (Lipinski definition) is 1. The van der Waals surface area contributed by atoms with Crippen molar-refractivity contribution >= 4 is 16.8 Å². The largest absolute Gasteiger partial charge is 0.440 e. The van der Waals surface area contributed by atoms with Crippen molar-refractivity contribution in [2.45, 2.75) is 32.1 Å². The van der Waals surface area contributed by atoms with Gasteiger partial charge in [-0.15, -0.1) is 0 Å². The average Bonchev–Trinajstić information content (AvgIpc) is 3.10. The van der Waals surface area contributed by atoms with E-state index >= 15 is 0 Å². The van der Waals surface area contributed by atoms with E-state index < -0.39 is 0 Å². The van der Waals surface area contributed by atoms with Gasteiger partial charge in [0.25, 0.3) is 0 Å². The number of halogens is 1. The first-order chi connectivity index (χ1) is 10.5. The normalized spacial score (nSPS) is 16.1. The van der Waals surface area contributed by atoms with E-state index in [1.807, 2.05) is 12.1 Å². The van der Waals surface area contributed by atoms with E-state index in [9.17, 15) is 4.39 Å². The summed E-state index contributed by atoms with van der Waals surface area (Å²) in [7, 11) is 0. The lowest BCUT2D eigenvalue weighted by Gasteiger charge is -2.18. The van der Waals surface area contributed by atoms with Gasteiger partial charge in [-0.3, -0.25) is 0 Å². The number of benzene rings is 2. The van der Waals surface area contributed by atoms with Gasteiger partial charge in [-0.1, -0.05) is 0 Å². The van der Waals surface area contributed by atoms with E-state index in [1.165, 1.54) is 17.7 Å². The van der Waals surface area contributed by atoms with Crippen molar-refractivity contribution in [3.63, 3.8) is 0 Å². The molecule has 0 bridgehead atoms. The monoisotopic (exact) mass is 296 g/mol. The maximum absolute atomic E-state index is 13.4. The van der Waals surface area contributed by atoms with Crippen LogP contribution in [-0.2, 0) is 5.41 Å². The summed E-state index contributed by atoms with van der Waals surface area (Å²) < 4.78 is 19.2. The molecule has 0 radical (unpaired) electrons. The number of nitrogens with two attached hydrogens (primary N) is 1. The summed E-state index contributed by atoms with van der Waals surface area (Å²) >= 11 is 0. The van der Waals surface area contributed by atoms with Crippen molar-refractivity contribution in [1.29, 1.82) is 0 Å². The minimum atomic E-state index is -0.306. The van der Waals surface area contributed by atoms with Crippen LogP contribution in [0.5, 0.6) is 0 Å². The van der Waals surface area contributed by atoms with E-state index in [0.29, 0.717) is 17.0 Å². The fourth-order valence-corrected chi connectivity index (χ4v) is 3.55. The Morgan fingerprint density at radius 2 is 1.82 bits per heavy atom. The van der Waals surface area contributed by atoms with E-state index in [-0.39, 0.29) is 11.2 Å². The summed E-state index contributed by atoms with van der Waals surface area (Å²) in [5.74, 6) is 0.379. The highest BCUT2D eigenvalue weighted by molar-refractivity contribution is 5.73. The van der Waals surface area contributed by atoms with Crippen LogP contribution < -0.4 is 5.73 Å². The molecule has 1 aromatic heterocycles. The zero-order chi connectivity index (χ0) is 15.5. The summed E-state index contributed by atoms with van der Waals surface area (Å²) in [6.07, 6.45) is 1.99. The number of rotatable bonds is 2. The number of nitrogens with zero attached hydrogens (tertiary/aromatic N) is 1. The van der Waals surface area contributed by atoms with Crippen LogP contribution in [0.3, 0.4) is 0 Å². The molecule has 0 saturated heterocycles. The first kappa shape index (κ1) is 13.3. The van der Waals surface area contributed by atoms with Gasteiger partial charge in [-0.2, -0.15) is 0 Å². The van der Waals surface area contributed by atoms with Gasteiger partial charge in [0, 0.05) is 11.8 Å². The molecule has 1 heterocycles. The minimum absolute atomic E-state index is 0.183. The quantitative estimate of drug-likeness (QED) is 0.719. The highest BCUT2D eigenvalue weighted by atomic mass is 19.1. The zero-order valence-corrected chi connectivity index (χ0v) is 12.6. The van der Waals surface area contributed by atoms with Gasteiger partial charge in [0.1, 0.15) is 11.3 Å². The summed E-state index contributed by atoms with van der Waals surface area (Å²) in [5, 5.41) is 0. The predicted molar refractivity (Wildman–Crippen MR) is 84.3 cm³/mol. The summed E-state index contributed by atoms with van der Waals surface area (Å²) in [4.78, 5) is 4.60. The van der Waals surface area contributed by atoms with Crippen LogP contribution in [0, 0.1) is 19.7 Å². The molecule has 1 fully saturated rings. The second kappa shape index (κ2) is 4.32. The standard InChI is InChI=1S/C18H17FN2O/c1-10-7-13(20)8-11(2)16(10)18(5-6-18)17-21-14-4-3-12(19)9-15(14)22-17/h3-4,7-9H,5-6,20H2,1-2H3. The molecule has 1 saturated carbocycles. The zero-order valence-electron chi connectivity index (χ0n) is 12.6. The van der Waals surface area contributed by atoms with Crippen LogP contribution >= 0.6 is 0 Å². The number of anilines is 1. The molecule has 0 atom stereocenters. The second-order valence-corrected chi connectivity index (χ2v) is 6.24. The third-order valence-corrected chi connectivity index (χ3v) is 4.54. The molecule has 0 unspecified atom stereocenters. The summed E-state index contributed by atoms with van der Waals surface area (Å²) in [5.41, 5.74) is 11.3. The topological polar surface area (TPSA) is 52.0 Å². The number of nitrogen functional groups attached to an aromatic ring is 1. The average molecular weight is 296 g/mol. The number of aryl methyl sites for hydroxylation is 2. The first-order valence-electron chi connectivity index (χ1n) is 7.43. The molecule has 3 nitrogen and oxygen atoms in total. The van der Waals surface area contributed by atoms with Crippen LogP contribution in [0.4, 0.5) is 10.1 Å². The first-order valence-corrected chi connectivity index (χ1v) is 7.43. The van der Waals surface area contributed by atoms with Gasteiger partial charge < -0.3 is 10.2 Å². The van der Waals surface area contributed by atoms with Crippen molar-refractivity contribution in [2.75, 3.05) is 5.73 Å². The van der Waals surface area contributed by atoms with Crippen molar-refractivity contribution in [1.82, 2.24) is 4.98 Å². The number of fused-ring (bicyclic) bond motifs is 1. The lowest BCUT2D eigenvalue weighted by atomic mass is 9.87. The van der Waals surface area contributed by atoms with Crippen LogP contribution in [0.1, 0.15) is 35.4 Å². The van der Waals surface area contributed by atoms with E-state index in [0.717, 1.165) is 29.7 Å². The highest BCUT2D eigenvalue weighted by Gasteiger charge is 2.51. The summed E-state index contributed by atoms with van der Waals surface area (Å²) in [6.45, 7) is 4.14. The maximum atomic E-state index is 13.4. The van der Waals surface area contributed by atoms with Crippen molar-refractivity contribution in [2.24, 2.45) is 0 Å². The Morgan fingerprint density at radius 3 is 2.45 bits per heavy atom. The Balaban J connectivity index is 1.90. The lowest BCUT2D eigenvalue weighted by molar-refractivity contribution is 0.488. The van der Waals surface area contributed by atoms with Crippen molar-refractivity contribution < 1.29 is 8.81 Å². The van der Waals surface area contributed by atoms with Gasteiger partial charge in [0.05, 0.1) is 5.41 Å². The number of hydrogen-bond acceptors (Lipinski definition) is 3. The van der Waals surface area contributed by atoms with Crippen LogP contribution in [0.25, 0.3) is 11.1 Å². The Morgan fingerprint density at radius 1 is 1.14 bits per heavy atom. The third-order valence-electron chi connectivity index (χ3n) is 4.54. The van der Waals surface area contributed by atoms with E-state index in [1.54, 1.807) is 6.07 Å². The molecular weight excluding hydrogens is 279 g/mol. The molecule has 2 N–H and O–H groups in total. The van der Waals surface area contributed by atoms with Crippen LogP contribution in [0.2, 0.25) is 0 Å². The second-order valence-electron chi connectivity index (χ2n) is 6.24. The molecule has 0 aliphatic heterocycles. The molecule has 1 aliphatic carbocycles. The Kier molecular flexibility index (Phi) is 2.61. The molecule has 3 aromatic rings. The molecule has 4 heteroatoms. The highest BCUT2D eigenvalue weighted by Crippen LogP contribution is 2.55. The van der Waals surface area contributed by atoms with Gasteiger partial charge in [-0.25, -0.2) is 9.37 Å². The van der Waals surface area contributed by atoms with E-state index in [4.69, 9.17) is 10.2 Å². The molecule has 112 valence electrons. The Bertz CT molecular complexity index is 870. The fraction of sp³-hybridized carbons (Fsp3) is 0.278. The van der Waals surface area contributed by atoms with Crippen molar-refractivity contribution in [3.05, 3.63) is 58.7 Å². The molecule has 2 aromatic carbocycles. The molecule has 0 spiro atoms. The molecule has 1 aliphatic rings. The van der Waals surface area contributed by atoms with E-state index in [2.05, 4.69) is 18.8 Å². The lowest BCUT2D eigenvalue weighted by Crippen LogP contribution is -2.13. The number of oxazole rings is 1. The van der Waals surface area contributed by atoms with Gasteiger partial charge in [0.15, 0.2) is 5.58 Å². The van der Waals surface area contributed by atoms with Gasteiger partial charge >= 0.3 is 0 Å². The van der Waals surface area contributed by atoms with Gasteiger partial charge in [-0.05, 0) is 67.6 Å². The van der Waals surface area contributed by atoms with Gasteiger partial charge in [0.2, 0.25) is 5.89 Å². The fourth-order valence-electron chi connectivity index (χ4n) is 3.55. The Labute approximate surface area is 128 Å². The van der Waals surface area contributed by atoms with Crippen LogP contribution in [0.15, 0.2) is 34.7 Å². The van der Waals surface area contributed by atoms with Crippen LogP contribution in [-0.4, -0.2) is 4.98 Å². The minimum Gasteiger partial charge on any atom is -0.440 e.